The van der Waals surface area contributed by atoms with E-state index in [4.69, 9.17) is 9.47 Å². The molecule has 3 rings (SSSR count). The van der Waals surface area contributed by atoms with Gasteiger partial charge in [-0.25, -0.2) is 0 Å². The average molecular weight is 361 g/mol. The average Bonchev–Trinajstić information content (AvgIpc) is 3.34. The fourth-order valence-corrected chi connectivity index (χ4v) is 3.77. The number of nitrogens with zero attached hydrogens (tertiary/aromatic N) is 1. The maximum absolute atomic E-state index is 5.89. The lowest BCUT2D eigenvalue weighted by molar-refractivity contribution is 0.287. The van der Waals surface area contributed by atoms with Crippen LogP contribution in [0, 0.1) is 0 Å². The molecule has 0 spiro atoms. The van der Waals surface area contributed by atoms with E-state index in [1.165, 1.54) is 49.3 Å². The first-order chi connectivity index (χ1) is 12.3. The standard InChI is InChI=1S/C20H28N2O2S/c1-23-20-14-17(15-21-9-5-12-22-10-2-3-11-22)7-8-19(20)24-16-18-6-4-13-25-18/h4,6-8,13-14,21H,2-3,5,9-12,15-16H2,1H3. The number of rotatable bonds is 10. The number of benzene rings is 1. The fraction of sp³-hybridized carbons (Fsp3) is 0.500. The third-order valence-electron chi connectivity index (χ3n) is 4.53. The minimum Gasteiger partial charge on any atom is -0.493 e. The smallest absolute Gasteiger partial charge is 0.161 e. The van der Waals surface area contributed by atoms with Crippen LogP contribution in [0.1, 0.15) is 29.7 Å². The van der Waals surface area contributed by atoms with Crippen molar-refractivity contribution >= 4 is 11.3 Å². The highest BCUT2D eigenvalue weighted by Gasteiger charge is 2.10. The van der Waals surface area contributed by atoms with Crippen molar-refractivity contribution in [3.8, 4) is 11.5 Å². The van der Waals surface area contributed by atoms with Crippen molar-refractivity contribution < 1.29 is 9.47 Å². The van der Waals surface area contributed by atoms with Gasteiger partial charge in [-0.15, -0.1) is 11.3 Å². The molecule has 2 heterocycles. The molecule has 1 aromatic carbocycles. The summed E-state index contributed by atoms with van der Waals surface area (Å²) in [6, 6.07) is 10.3. The van der Waals surface area contributed by atoms with Crippen molar-refractivity contribution in [2.45, 2.75) is 32.4 Å². The molecule has 2 aromatic rings. The molecule has 1 N–H and O–H groups in total. The van der Waals surface area contributed by atoms with E-state index in [1.54, 1.807) is 18.4 Å². The normalized spacial score (nSPS) is 14.8. The number of ether oxygens (including phenoxy) is 2. The van der Waals surface area contributed by atoms with Crippen LogP contribution < -0.4 is 14.8 Å². The van der Waals surface area contributed by atoms with Crippen LogP contribution >= 0.6 is 11.3 Å². The summed E-state index contributed by atoms with van der Waals surface area (Å²) in [5, 5.41) is 5.59. The zero-order valence-electron chi connectivity index (χ0n) is 15.0. The van der Waals surface area contributed by atoms with E-state index in [-0.39, 0.29) is 0 Å². The van der Waals surface area contributed by atoms with Gasteiger partial charge in [0.15, 0.2) is 11.5 Å². The number of hydrogen-bond acceptors (Lipinski definition) is 5. The van der Waals surface area contributed by atoms with E-state index in [1.807, 2.05) is 12.1 Å². The van der Waals surface area contributed by atoms with E-state index < -0.39 is 0 Å². The van der Waals surface area contributed by atoms with Gasteiger partial charge in [-0.05, 0) is 74.6 Å². The molecule has 1 aliphatic heterocycles. The Bertz CT molecular complexity index is 625. The highest BCUT2D eigenvalue weighted by molar-refractivity contribution is 7.09. The van der Waals surface area contributed by atoms with Crippen molar-refractivity contribution in [1.29, 1.82) is 0 Å². The van der Waals surface area contributed by atoms with Crippen molar-refractivity contribution in [2.24, 2.45) is 0 Å². The van der Waals surface area contributed by atoms with Crippen LogP contribution in [-0.2, 0) is 13.2 Å². The maximum Gasteiger partial charge on any atom is 0.161 e. The molecule has 0 radical (unpaired) electrons. The van der Waals surface area contributed by atoms with E-state index in [9.17, 15) is 0 Å². The molecule has 4 nitrogen and oxygen atoms in total. The molecule has 1 fully saturated rings. The molecule has 136 valence electrons. The van der Waals surface area contributed by atoms with Gasteiger partial charge in [0.2, 0.25) is 0 Å². The van der Waals surface area contributed by atoms with Gasteiger partial charge in [-0.3, -0.25) is 0 Å². The summed E-state index contributed by atoms with van der Waals surface area (Å²) in [6.45, 7) is 6.28. The molecule has 0 bridgehead atoms. The molecule has 0 unspecified atom stereocenters. The SMILES string of the molecule is COc1cc(CNCCCN2CCCC2)ccc1OCc1cccs1. The third-order valence-corrected chi connectivity index (χ3v) is 5.38. The number of nitrogens with one attached hydrogen (secondary N) is 1. The lowest BCUT2D eigenvalue weighted by atomic mass is 10.2. The van der Waals surface area contributed by atoms with Crippen LogP contribution in [0.4, 0.5) is 0 Å². The van der Waals surface area contributed by atoms with Gasteiger partial charge in [-0.2, -0.15) is 0 Å². The molecule has 1 saturated heterocycles. The molecule has 0 aliphatic carbocycles. The summed E-state index contributed by atoms with van der Waals surface area (Å²) in [5.74, 6) is 1.60. The first-order valence-electron chi connectivity index (χ1n) is 9.10. The summed E-state index contributed by atoms with van der Waals surface area (Å²) in [4.78, 5) is 3.77. The molecule has 1 aromatic heterocycles. The molecule has 0 atom stereocenters. The van der Waals surface area contributed by atoms with Crippen LogP contribution in [0.2, 0.25) is 0 Å². The second kappa shape index (κ2) is 9.80. The van der Waals surface area contributed by atoms with E-state index in [2.05, 4.69) is 33.8 Å². The Morgan fingerprint density at radius 3 is 2.80 bits per heavy atom. The zero-order valence-corrected chi connectivity index (χ0v) is 15.8. The molecule has 25 heavy (non-hydrogen) atoms. The maximum atomic E-state index is 5.89. The summed E-state index contributed by atoms with van der Waals surface area (Å²) in [7, 11) is 1.70. The van der Waals surface area contributed by atoms with Crippen molar-refractivity contribution in [3.63, 3.8) is 0 Å². The van der Waals surface area contributed by atoms with Crippen molar-refractivity contribution in [1.82, 2.24) is 10.2 Å². The summed E-state index contributed by atoms with van der Waals surface area (Å²) in [5.41, 5.74) is 1.22. The monoisotopic (exact) mass is 360 g/mol. The Morgan fingerprint density at radius 2 is 2.04 bits per heavy atom. The largest absolute Gasteiger partial charge is 0.493 e. The van der Waals surface area contributed by atoms with Gasteiger partial charge < -0.3 is 19.7 Å². The van der Waals surface area contributed by atoms with Gasteiger partial charge in [0.1, 0.15) is 6.61 Å². The summed E-state index contributed by atoms with van der Waals surface area (Å²) < 4.78 is 11.4. The molecule has 5 heteroatoms. The number of methoxy groups -OCH3 is 1. The minimum absolute atomic E-state index is 0.585. The first kappa shape index (κ1) is 18.2. The quantitative estimate of drug-likeness (QED) is 0.651. The Kier molecular flexibility index (Phi) is 7.15. The Balaban J connectivity index is 1.42. The van der Waals surface area contributed by atoms with Gasteiger partial charge in [-0.1, -0.05) is 12.1 Å². The number of thiophene rings is 1. The van der Waals surface area contributed by atoms with Gasteiger partial charge in [0, 0.05) is 11.4 Å². The molecule has 1 aliphatic rings. The van der Waals surface area contributed by atoms with E-state index in [0.717, 1.165) is 24.6 Å². The predicted molar refractivity (Wildman–Crippen MR) is 104 cm³/mol. The first-order valence-corrected chi connectivity index (χ1v) is 9.98. The van der Waals surface area contributed by atoms with Gasteiger partial charge in [0.05, 0.1) is 7.11 Å². The van der Waals surface area contributed by atoms with Crippen LogP contribution in [0.3, 0.4) is 0 Å². The Labute approximate surface area is 154 Å². The van der Waals surface area contributed by atoms with Crippen LogP contribution in [0.15, 0.2) is 35.7 Å². The highest BCUT2D eigenvalue weighted by Crippen LogP contribution is 2.29. The third kappa shape index (κ3) is 5.73. The second-order valence-electron chi connectivity index (χ2n) is 6.43. The van der Waals surface area contributed by atoms with Crippen LogP contribution in [0.25, 0.3) is 0 Å². The van der Waals surface area contributed by atoms with E-state index in [0.29, 0.717) is 6.61 Å². The van der Waals surface area contributed by atoms with Crippen LogP contribution in [0.5, 0.6) is 11.5 Å². The topological polar surface area (TPSA) is 33.7 Å². The Hall–Kier alpha value is -1.56. The number of hydrogen-bond donors (Lipinski definition) is 1. The second-order valence-corrected chi connectivity index (χ2v) is 7.46. The number of likely N-dealkylation sites (tertiary alicyclic amines) is 1. The van der Waals surface area contributed by atoms with Gasteiger partial charge >= 0.3 is 0 Å². The van der Waals surface area contributed by atoms with Crippen molar-refractivity contribution in [3.05, 3.63) is 46.2 Å². The summed E-state index contributed by atoms with van der Waals surface area (Å²) >= 11 is 1.70. The van der Waals surface area contributed by atoms with Gasteiger partial charge in [0.25, 0.3) is 0 Å². The van der Waals surface area contributed by atoms with E-state index >= 15 is 0 Å². The minimum atomic E-state index is 0.585. The highest BCUT2D eigenvalue weighted by atomic mass is 32.1. The lowest BCUT2D eigenvalue weighted by Gasteiger charge is -2.15. The lowest BCUT2D eigenvalue weighted by Crippen LogP contribution is -2.24. The summed E-state index contributed by atoms with van der Waals surface area (Å²) in [6.07, 6.45) is 3.95. The molecule has 0 amide bonds. The Morgan fingerprint density at radius 1 is 1.16 bits per heavy atom. The molecule has 0 saturated carbocycles. The molecular weight excluding hydrogens is 332 g/mol. The fourth-order valence-electron chi connectivity index (χ4n) is 3.15. The van der Waals surface area contributed by atoms with Crippen LogP contribution in [-0.4, -0.2) is 38.2 Å². The zero-order chi connectivity index (χ0) is 17.3. The predicted octanol–water partition coefficient (Wildman–Crippen LogP) is 3.91. The van der Waals surface area contributed by atoms with Crippen molar-refractivity contribution in [2.75, 3.05) is 33.3 Å². The molecular formula is C20H28N2O2S.